The second-order valence-corrected chi connectivity index (χ2v) is 6.14. The molecule has 0 aliphatic heterocycles. The molecule has 118 valence electrons. The average Bonchev–Trinajstić information content (AvgIpc) is 2.92. The molecular formula is C21H18N2O. The smallest absolute Gasteiger partial charge is 0.223 e. The van der Waals surface area contributed by atoms with Crippen LogP contribution in [-0.4, -0.2) is 4.57 Å². The Bertz CT molecular complexity index is 1030. The molecule has 0 unspecified atom stereocenters. The Morgan fingerprint density at radius 1 is 0.875 bits per heavy atom. The third kappa shape index (κ3) is 2.35. The number of fused-ring (bicyclic) bond motifs is 1. The third-order valence-electron chi connectivity index (χ3n) is 4.51. The lowest BCUT2D eigenvalue weighted by atomic mass is 10.1. The highest BCUT2D eigenvalue weighted by Crippen LogP contribution is 2.30. The summed E-state index contributed by atoms with van der Waals surface area (Å²) in [5, 5.41) is 13.1. The maximum absolute atomic E-state index is 12.0. The van der Waals surface area contributed by atoms with Crippen LogP contribution in [0.25, 0.3) is 33.4 Å². The van der Waals surface area contributed by atoms with E-state index in [4.69, 9.17) is 0 Å². The summed E-state index contributed by atoms with van der Waals surface area (Å²) in [6, 6.07) is 22.4. The zero-order valence-corrected chi connectivity index (χ0v) is 13.7. The Morgan fingerprint density at radius 2 is 1.62 bits per heavy atom. The van der Waals surface area contributed by atoms with E-state index in [1.807, 2.05) is 18.2 Å². The number of aromatic nitrogens is 2. The van der Waals surface area contributed by atoms with Gasteiger partial charge in [-0.3, -0.25) is 0 Å². The topological polar surface area (TPSA) is 31.9 Å². The van der Waals surface area contributed by atoms with Gasteiger partial charge in [0, 0.05) is 41.3 Å². The molecule has 0 aliphatic rings. The van der Waals surface area contributed by atoms with Gasteiger partial charge in [-0.1, -0.05) is 29.8 Å². The van der Waals surface area contributed by atoms with Crippen LogP contribution in [0.2, 0.25) is 0 Å². The fourth-order valence-electron chi connectivity index (χ4n) is 3.16. The van der Waals surface area contributed by atoms with Gasteiger partial charge >= 0.3 is 0 Å². The molecule has 3 heteroatoms. The molecule has 0 bridgehead atoms. The van der Waals surface area contributed by atoms with E-state index >= 15 is 0 Å². The number of hydrogen-bond donors (Lipinski definition) is 0. The highest BCUT2D eigenvalue weighted by Gasteiger charge is 2.12. The second-order valence-electron chi connectivity index (χ2n) is 6.14. The summed E-state index contributed by atoms with van der Waals surface area (Å²) in [5.74, 6) is 0. The largest absolute Gasteiger partial charge is 0.618 e. The molecule has 0 saturated heterocycles. The first-order chi connectivity index (χ1) is 11.6. The standard InChI is InChI=1S/C21H18N2O/c1-15-6-8-16(9-7-15)21-14-18-13-17(10-11-19(18)22(21)2)20-5-3-4-12-23(20)24/h3-14H,1-2H3. The van der Waals surface area contributed by atoms with Crippen molar-refractivity contribution in [2.75, 3.05) is 0 Å². The van der Waals surface area contributed by atoms with E-state index in [-0.39, 0.29) is 0 Å². The summed E-state index contributed by atoms with van der Waals surface area (Å²) >= 11 is 0. The molecule has 4 aromatic rings. The SMILES string of the molecule is Cc1ccc(-c2cc3cc(-c4cccc[n+]4[O-])ccc3n2C)cc1. The number of pyridine rings is 1. The summed E-state index contributed by atoms with van der Waals surface area (Å²) in [6.07, 6.45) is 1.53. The molecule has 0 amide bonds. The molecule has 0 N–H and O–H groups in total. The van der Waals surface area contributed by atoms with Crippen LogP contribution in [0, 0.1) is 12.1 Å². The number of rotatable bonds is 2. The molecule has 3 nitrogen and oxygen atoms in total. The number of benzene rings is 2. The quantitative estimate of drug-likeness (QED) is 0.397. The fourth-order valence-corrected chi connectivity index (χ4v) is 3.16. The Balaban J connectivity index is 1.87. The summed E-state index contributed by atoms with van der Waals surface area (Å²) < 4.78 is 3.10. The van der Waals surface area contributed by atoms with Crippen molar-refractivity contribution in [1.29, 1.82) is 0 Å². The Labute approximate surface area is 141 Å². The van der Waals surface area contributed by atoms with Crippen LogP contribution in [0.5, 0.6) is 0 Å². The lowest BCUT2D eigenvalue weighted by molar-refractivity contribution is -0.593. The molecule has 4 rings (SSSR count). The molecule has 0 atom stereocenters. The first-order valence-corrected chi connectivity index (χ1v) is 7.98. The van der Waals surface area contributed by atoms with Crippen molar-refractivity contribution in [1.82, 2.24) is 4.57 Å². The van der Waals surface area contributed by atoms with Crippen molar-refractivity contribution >= 4 is 10.9 Å². The van der Waals surface area contributed by atoms with Crippen LogP contribution in [0.3, 0.4) is 0 Å². The number of hydrogen-bond acceptors (Lipinski definition) is 1. The highest BCUT2D eigenvalue weighted by molar-refractivity contribution is 5.90. The minimum absolute atomic E-state index is 0.667. The summed E-state index contributed by atoms with van der Waals surface area (Å²) in [6.45, 7) is 2.09. The predicted molar refractivity (Wildman–Crippen MR) is 97.5 cm³/mol. The lowest BCUT2D eigenvalue weighted by Gasteiger charge is -2.06. The van der Waals surface area contributed by atoms with Gasteiger partial charge in [0.2, 0.25) is 5.69 Å². The molecule has 0 fully saturated rings. The molecular weight excluding hydrogens is 296 g/mol. The van der Waals surface area contributed by atoms with Crippen LogP contribution in [-0.2, 0) is 7.05 Å². The van der Waals surface area contributed by atoms with Crippen molar-refractivity contribution in [2.24, 2.45) is 7.05 Å². The minimum atomic E-state index is 0.667. The Morgan fingerprint density at radius 3 is 2.38 bits per heavy atom. The summed E-state index contributed by atoms with van der Waals surface area (Å²) in [4.78, 5) is 0. The molecule has 2 heterocycles. The second kappa shape index (κ2) is 5.53. The van der Waals surface area contributed by atoms with Gasteiger partial charge in [-0.15, -0.1) is 0 Å². The molecule has 0 aliphatic carbocycles. The predicted octanol–water partition coefficient (Wildman–Crippen LogP) is 4.45. The number of aryl methyl sites for hydroxylation is 2. The molecule has 2 aromatic carbocycles. The van der Waals surface area contributed by atoms with Crippen molar-refractivity contribution in [3.05, 3.63) is 83.7 Å². The van der Waals surface area contributed by atoms with Crippen LogP contribution < -0.4 is 4.73 Å². The van der Waals surface area contributed by atoms with Gasteiger partial charge in [0.25, 0.3) is 0 Å². The summed E-state index contributed by atoms with van der Waals surface area (Å²) in [7, 11) is 2.08. The fraction of sp³-hybridized carbons (Fsp3) is 0.0952. The third-order valence-corrected chi connectivity index (χ3v) is 4.51. The van der Waals surface area contributed by atoms with Crippen LogP contribution in [0.1, 0.15) is 5.56 Å². The maximum atomic E-state index is 12.0. The Hall–Kier alpha value is -3.07. The molecule has 0 spiro atoms. The molecule has 0 saturated carbocycles. The Kier molecular flexibility index (Phi) is 3.35. The van der Waals surface area contributed by atoms with E-state index in [9.17, 15) is 5.21 Å². The van der Waals surface area contributed by atoms with Gasteiger partial charge in [-0.25, -0.2) is 0 Å². The van der Waals surface area contributed by atoms with Gasteiger partial charge in [-0.2, -0.15) is 4.73 Å². The van der Waals surface area contributed by atoms with Gasteiger partial charge in [0.1, 0.15) is 0 Å². The average molecular weight is 314 g/mol. The zero-order valence-electron chi connectivity index (χ0n) is 13.7. The highest BCUT2D eigenvalue weighted by atomic mass is 16.5. The molecule has 0 radical (unpaired) electrons. The van der Waals surface area contributed by atoms with E-state index in [0.717, 1.165) is 21.2 Å². The van der Waals surface area contributed by atoms with Gasteiger partial charge < -0.3 is 9.77 Å². The van der Waals surface area contributed by atoms with E-state index in [2.05, 4.69) is 61.0 Å². The van der Waals surface area contributed by atoms with E-state index in [1.165, 1.54) is 23.0 Å². The zero-order chi connectivity index (χ0) is 16.7. The summed E-state index contributed by atoms with van der Waals surface area (Å²) in [5.41, 5.74) is 6.37. The van der Waals surface area contributed by atoms with Crippen LogP contribution in [0.15, 0.2) is 72.9 Å². The molecule has 2 aromatic heterocycles. The lowest BCUT2D eigenvalue weighted by Crippen LogP contribution is -2.27. The minimum Gasteiger partial charge on any atom is -0.618 e. The van der Waals surface area contributed by atoms with Gasteiger partial charge in [0.05, 0.1) is 0 Å². The van der Waals surface area contributed by atoms with E-state index in [1.54, 1.807) is 6.07 Å². The molecule has 24 heavy (non-hydrogen) atoms. The monoisotopic (exact) mass is 314 g/mol. The number of nitrogens with zero attached hydrogens (tertiary/aromatic N) is 2. The first kappa shape index (κ1) is 14.5. The van der Waals surface area contributed by atoms with Crippen molar-refractivity contribution in [2.45, 2.75) is 6.92 Å². The first-order valence-electron chi connectivity index (χ1n) is 7.98. The van der Waals surface area contributed by atoms with Crippen molar-refractivity contribution < 1.29 is 4.73 Å². The van der Waals surface area contributed by atoms with Crippen molar-refractivity contribution in [3.63, 3.8) is 0 Å². The normalized spacial score (nSPS) is 11.1. The van der Waals surface area contributed by atoms with E-state index in [0.29, 0.717) is 5.69 Å². The van der Waals surface area contributed by atoms with Gasteiger partial charge in [0.15, 0.2) is 6.20 Å². The maximum Gasteiger partial charge on any atom is 0.223 e. The van der Waals surface area contributed by atoms with Crippen molar-refractivity contribution in [3.8, 4) is 22.5 Å². The van der Waals surface area contributed by atoms with Gasteiger partial charge in [-0.05, 0) is 42.8 Å². The van der Waals surface area contributed by atoms with Crippen LogP contribution in [0.4, 0.5) is 0 Å². The van der Waals surface area contributed by atoms with E-state index < -0.39 is 0 Å². The van der Waals surface area contributed by atoms with Crippen LogP contribution >= 0.6 is 0 Å².